The summed E-state index contributed by atoms with van der Waals surface area (Å²) < 4.78 is 22.9. The number of imidazole rings is 1. The van der Waals surface area contributed by atoms with Crippen LogP contribution in [0.5, 0.6) is 5.75 Å². The predicted molar refractivity (Wildman–Crippen MR) is 147 cm³/mol. The van der Waals surface area contributed by atoms with Gasteiger partial charge in [0.1, 0.15) is 12.4 Å². The first-order valence-corrected chi connectivity index (χ1v) is 11.3. The van der Waals surface area contributed by atoms with Crippen molar-refractivity contribution in [3.63, 3.8) is 0 Å². The summed E-state index contributed by atoms with van der Waals surface area (Å²) in [5, 5.41) is 17.3. The van der Waals surface area contributed by atoms with Crippen LogP contribution < -0.4 is 10.1 Å². The van der Waals surface area contributed by atoms with Gasteiger partial charge in [0.25, 0.3) is 0 Å². The number of nitrogens with one attached hydrogen (secondary N) is 1. The van der Waals surface area contributed by atoms with Crippen LogP contribution in [0, 0.1) is 12.7 Å². The first-order valence-electron chi connectivity index (χ1n) is 11.3. The molecule has 1 aliphatic rings. The Kier molecular flexibility index (Phi) is 10.6. The van der Waals surface area contributed by atoms with Gasteiger partial charge in [-0.15, -0.1) is 37.2 Å². The van der Waals surface area contributed by atoms with Gasteiger partial charge in [0.15, 0.2) is 11.4 Å². The number of piperidine rings is 1. The van der Waals surface area contributed by atoms with E-state index in [0.29, 0.717) is 46.1 Å². The standard InChI is InChI=1S/C24H28FN7O.3ClH/c1-15-14-32-24(27-15)23(33-9-8-31(2)3)13-21(30-32)17-10-19(25)18-12-20(28-29-22(18)11-17)16-4-6-26-7-5-16;;;/h10-14,16,26H,4-9H2,1-3H3;3*1H. The SMILES string of the molecule is Cc1cn2nc(-c3cc(F)c4cc(C5CCNCC5)nnc4c3)cc(OCCN(C)C)c2n1.Cl.Cl.Cl. The van der Waals surface area contributed by atoms with E-state index in [-0.39, 0.29) is 43.0 Å². The van der Waals surface area contributed by atoms with Crippen LogP contribution in [-0.4, -0.2) is 70.0 Å². The molecular formula is C24H31Cl3FN7O. The lowest BCUT2D eigenvalue weighted by atomic mass is 9.93. The summed E-state index contributed by atoms with van der Waals surface area (Å²) in [7, 11) is 3.98. The molecule has 0 atom stereocenters. The van der Waals surface area contributed by atoms with E-state index in [4.69, 9.17) is 4.74 Å². The second-order valence-corrected chi connectivity index (χ2v) is 8.88. The molecule has 0 saturated carbocycles. The summed E-state index contributed by atoms with van der Waals surface area (Å²) in [6.45, 7) is 5.08. The third-order valence-corrected chi connectivity index (χ3v) is 6.03. The third-order valence-electron chi connectivity index (χ3n) is 6.03. The van der Waals surface area contributed by atoms with Gasteiger partial charge in [-0.25, -0.2) is 13.9 Å². The lowest BCUT2D eigenvalue weighted by Gasteiger charge is -2.21. The molecule has 0 amide bonds. The minimum atomic E-state index is -0.327. The van der Waals surface area contributed by atoms with E-state index < -0.39 is 0 Å². The van der Waals surface area contributed by atoms with E-state index in [9.17, 15) is 0 Å². The van der Waals surface area contributed by atoms with Gasteiger partial charge in [-0.05, 0) is 65.1 Å². The first kappa shape index (κ1) is 29.9. The molecule has 3 aromatic heterocycles. The monoisotopic (exact) mass is 557 g/mol. The second-order valence-electron chi connectivity index (χ2n) is 8.88. The highest BCUT2D eigenvalue weighted by Crippen LogP contribution is 2.31. The topological polar surface area (TPSA) is 80.5 Å². The highest BCUT2D eigenvalue weighted by Gasteiger charge is 2.19. The zero-order valence-corrected chi connectivity index (χ0v) is 22.9. The van der Waals surface area contributed by atoms with Gasteiger partial charge in [0.05, 0.1) is 28.8 Å². The van der Waals surface area contributed by atoms with Crippen molar-refractivity contribution in [1.82, 2.24) is 35.0 Å². The Morgan fingerprint density at radius 1 is 1.08 bits per heavy atom. The largest absolute Gasteiger partial charge is 0.488 e. The number of fused-ring (bicyclic) bond motifs is 2. The van der Waals surface area contributed by atoms with Crippen LogP contribution >= 0.6 is 37.2 Å². The Morgan fingerprint density at radius 2 is 1.83 bits per heavy atom. The molecule has 0 spiro atoms. The fourth-order valence-corrected chi connectivity index (χ4v) is 4.23. The summed E-state index contributed by atoms with van der Waals surface area (Å²) in [5.74, 6) is 0.604. The average molecular weight is 559 g/mol. The van der Waals surface area contributed by atoms with Gasteiger partial charge in [-0.3, -0.25) is 0 Å². The zero-order valence-electron chi connectivity index (χ0n) is 20.4. The smallest absolute Gasteiger partial charge is 0.196 e. The summed E-state index contributed by atoms with van der Waals surface area (Å²) in [6.07, 6.45) is 3.82. The van der Waals surface area contributed by atoms with Gasteiger partial charge in [-0.2, -0.15) is 15.3 Å². The Morgan fingerprint density at radius 3 is 2.56 bits per heavy atom. The molecule has 12 heteroatoms. The maximum atomic E-state index is 15.2. The lowest BCUT2D eigenvalue weighted by molar-refractivity contribution is 0.262. The molecule has 36 heavy (non-hydrogen) atoms. The number of nitrogens with zero attached hydrogens (tertiary/aromatic N) is 6. The van der Waals surface area contributed by atoms with Crippen molar-refractivity contribution >= 4 is 53.8 Å². The number of hydrogen-bond donors (Lipinski definition) is 1. The predicted octanol–water partition coefficient (Wildman–Crippen LogP) is 4.46. The molecule has 1 fully saturated rings. The maximum absolute atomic E-state index is 15.2. The van der Waals surface area contributed by atoms with E-state index >= 15 is 4.39 Å². The van der Waals surface area contributed by atoms with E-state index in [1.165, 1.54) is 6.07 Å². The van der Waals surface area contributed by atoms with Gasteiger partial charge in [0, 0.05) is 29.5 Å². The summed E-state index contributed by atoms with van der Waals surface area (Å²) in [6, 6.07) is 7.01. The van der Waals surface area contributed by atoms with E-state index in [1.54, 1.807) is 4.52 Å². The van der Waals surface area contributed by atoms with Crippen LogP contribution in [0.25, 0.3) is 27.8 Å². The van der Waals surface area contributed by atoms with Crippen LogP contribution in [0.3, 0.4) is 0 Å². The molecule has 196 valence electrons. The molecule has 1 aliphatic heterocycles. The number of hydrogen-bond acceptors (Lipinski definition) is 7. The Labute approximate surface area is 228 Å². The molecule has 0 radical (unpaired) electrons. The normalized spacial score (nSPS) is 13.8. The Bertz CT molecular complexity index is 1310. The van der Waals surface area contributed by atoms with E-state index in [0.717, 1.165) is 43.9 Å². The molecule has 1 aromatic carbocycles. The number of ether oxygens (including phenoxy) is 1. The highest BCUT2D eigenvalue weighted by molar-refractivity contribution is 5.86. The van der Waals surface area contributed by atoms with Gasteiger partial charge in [-0.1, -0.05) is 0 Å². The van der Waals surface area contributed by atoms with Crippen LogP contribution in [0.1, 0.15) is 30.1 Å². The summed E-state index contributed by atoms with van der Waals surface area (Å²) in [4.78, 5) is 6.58. The fourth-order valence-electron chi connectivity index (χ4n) is 4.23. The van der Waals surface area contributed by atoms with Crippen molar-refractivity contribution in [2.24, 2.45) is 0 Å². The minimum absolute atomic E-state index is 0. The molecular weight excluding hydrogens is 528 g/mol. The quantitative estimate of drug-likeness (QED) is 0.374. The number of aryl methyl sites for hydroxylation is 1. The number of aromatic nitrogens is 5. The molecule has 0 unspecified atom stereocenters. The molecule has 0 bridgehead atoms. The second kappa shape index (κ2) is 12.8. The van der Waals surface area contributed by atoms with Crippen molar-refractivity contribution in [2.45, 2.75) is 25.7 Å². The molecule has 1 N–H and O–H groups in total. The number of rotatable bonds is 6. The maximum Gasteiger partial charge on any atom is 0.196 e. The number of halogens is 4. The molecule has 4 heterocycles. The highest BCUT2D eigenvalue weighted by atomic mass is 35.5. The number of benzene rings is 1. The van der Waals surface area contributed by atoms with Crippen molar-refractivity contribution < 1.29 is 9.13 Å². The van der Waals surface area contributed by atoms with Gasteiger partial charge in [0.2, 0.25) is 0 Å². The molecule has 5 rings (SSSR count). The molecule has 0 aliphatic carbocycles. The molecule has 4 aromatic rings. The zero-order chi connectivity index (χ0) is 22.9. The first-order chi connectivity index (χ1) is 16.0. The molecule has 1 saturated heterocycles. The summed E-state index contributed by atoms with van der Waals surface area (Å²) >= 11 is 0. The van der Waals surface area contributed by atoms with Crippen molar-refractivity contribution in [3.8, 4) is 17.0 Å². The molecule has 8 nitrogen and oxygen atoms in total. The fraction of sp³-hybridized carbons (Fsp3) is 0.417. The van der Waals surface area contributed by atoms with Crippen molar-refractivity contribution in [2.75, 3.05) is 40.3 Å². The van der Waals surface area contributed by atoms with Gasteiger partial charge >= 0.3 is 0 Å². The Hall–Kier alpha value is -2.30. The van der Waals surface area contributed by atoms with Crippen LogP contribution in [-0.2, 0) is 0 Å². The van der Waals surface area contributed by atoms with Crippen molar-refractivity contribution in [3.05, 3.63) is 47.7 Å². The Balaban J connectivity index is 0.00000152. The lowest BCUT2D eigenvalue weighted by Crippen LogP contribution is -2.27. The number of likely N-dealkylation sites (N-methyl/N-ethyl adjacent to an activating group) is 1. The van der Waals surface area contributed by atoms with E-state index in [1.807, 2.05) is 50.3 Å². The van der Waals surface area contributed by atoms with E-state index in [2.05, 4.69) is 25.6 Å². The van der Waals surface area contributed by atoms with Crippen LogP contribution in [0.15, 0.2) is 30.5 Å². The van der Waals surface area contributed by atoms with Gasteiger partial charge < -0.3 is 15.0 Å². The van der Waals surface area contributed by atoms with Crippen molar-refractivity contribution in [1.29, 1.82) is 0 Å². The third kappa shape index (κ3) is 6.33. The summed E-state index contributed by atoms with van der Waals surface area (Å²) in [5.41, 5.74) is 4.06. The average Bonchev–Trinajstić information content (AvgIpc) is 3.19. The van der Waals surface area contributed by atoms with Crippen LogP contribution in [0.2, 0.25) is 0 Å². The minimum Gasteiger partial charge on any atom is -0.488 e. The van der Waals surface area contributed by atoms with Crippen LogP contribution in [0.4, 0.5) is 4.39 Å².